The highest BCUT2D eigenvalue weighted by Gasteiger charge is 2.05. The van der Waals surface area contributed by atoms with Crippen LogP contribution in [0.4, 0.5) is 0 Å². The van der Waals surface area contributed by atoms with Crippen molar-refractivity contribution in [1.82, 2.24) is 4.90 Å². The molecule has 0 amide bonds. The highest BCUT2D eigenvalue weighted by molar-refractivity contribution is 8.00. The lowest BCUT2D eigenvalue weighted by Crippen LogP contribution is -3.11. The monoisotopic (exact) mass is 262 g/mol. The molecular weight excluding hydrogens is 236 g/mol. The maximum atomic E-state index is 4.86. The van der Waals surface area contributed by atoms with Crippen LogP contribution in [0.3, 0.4) is 0 Å². The van der Waals surface area contributed by atoms with Crippen LogP contribution in [-0.4, -0.2) is 41.9 Å². The summed E-state index contributed by atoms with van der Waals surface area (Å²) in [6.07, 6.45) is 3.86. The van der Waals surface area contributed by atoms with Gasteiger partial charge in [-0.3, -0.25) is 0 Å². The Morgan fingerprint density at radius 3 is 1.69 bits per heavy atom. The average Bonchev–Trinajstić information content (AvgIpc) is 2.33. The summed E-state index contributed by atoms with van der Waals surface area (Å²) in [5, 5.41) is 0. The fourth-order valence-electron chi connectivity index (χ4n) is 1.83. The van der Waals surface area contributed by atoms with Crippen LogP contribution < -0.4 is 4.90 Å². The zero-order chi connectivity index (χ0) is 12.4. The van der Waals surface area contributed by atoms with Gasteiger partial charge in [-0.15, -0.1) is 0 Å². The van der Waals surface area contributed by atoms with Crippen molar-refractivity contribution in [1.29, 1.82) is 0 Å². The first-order chi connectivity index (χ1) is 7.65. The van der Waals surface area contributed by atoms with Crippen molar-refractivity contribution in [3.8, 4) is 0 Å². The van der Waals surface area contributed by atoms with Crippen LogP contribution in [0.1, 0.15) is 40.0 Å². The maximum Gasteiger partial charge on any atom is 0.0742 e. The van der Waals surface area contributed by atoms with Crippen LogP contribution in [-0.2, 0) is 12.6 Å². The van der Waals surface area contributed by atoms with Crippen LogP contribution in [0.2, 0.25) is 0 Å². The fourth-order valence-corrected chi connectivity index (χ4v) is 2.19. The minimum atomic E-state index is 0.648. The zero-order valence-corrected chi connectivity index (χ0v) is 12.6. The minimum absolute atomic E-state index is 0.648. The molecule has 96 valence electrons. The molecule has 0 spiro atoms. The molecule has 0 atom stereocenters. The fraction of sp³-hybridized carbons (Fsp3) is 0.917. The zero-order valence-electron chi connectivity index (χ0n) is 10.9. The molecule has 0 saturated carbocycles. The van der Waals surface area contributed by atoms with E-state index in [0.717, 1.165) is 13.1 Å². The van der Waals surface area contributed by atoms with Crippen LogP contribution in [0.5, 0.6) is 0 Å². The minimum Gasteiger partial charge on any atom is -0.411 e. The maximum absolute atomic E-state index is 4.86. The SMILES string of the molecule is CC[NH+](CC)CC.S=C([S-])N1CCCCC1. The van der Waals surface area contributed by atoms with E-state index in [2.05, 4.69) is 25.7 Å². The van der Waals surface area contributed by atoms with Gasteiger partial charge in [0, 0.05) is 13.1 Å². The molecule has 4 heteroatoms. The van der Waals surface area contributed by atoms with E-state index in [1.165, 1.54) is 38.9 Å². The first kappa shape index (κ1) is 16.1. The molecule has 1 fully saturated rings. The van der Waals surface area contributed by atoms with Gasteiger partial charge < -0.3 is 34.6 Å². The Hall–Kier alpha value is 0.0700. The second kappa shape index (κ2) is 10.2. The lowest BCUT2D eigenvalue weighted by Gasteiger charge is -2.31. The van der Waals surface area contributed by atoms with Gasteiger partial charge in [0.25, 0.3) is 0 Å². The van der Waals surface area contributed by atoms with E-state index in [0.29, 0.717) is 4.32 Å². The van der Waals surface area contributed by atoms with Gasteiger partial charge in [-0.25, -0.2) is 0 Å². The first-order valence-corrected chi connectivity index (χ1v) is 7.26. The molecule has 0 aromatic rings. The first-order valence-electron chi connectivity index (χ1n) is 6.45. The van der Waals surface area contributed by atoms with E-state index in [1.807, 2.05) is 0 Å². The number of likely N-dealkylation sites (tertiary alicyclic amines) is 1. The lowest BCUT2D eigenvalue weighted by molar-refractivity contribution is -0.894. The molecule has 1 N–H and O–H groups in total. The summed E-state index contributed by atoms with van der Waals surface area (Å²) in [5.41, 5.74) is 0. The average molecular weight is 262 g/mol. The van der Waals surface area contributed by atoms with E-state index < -0.39 is 0 Å². The predicted molar refractivity (Wildman–Crippen MR) is 78.0 cm³/mol. The van der Waals surface area contributed by atoms with E-state index in [4.69, 9.17) is 24.8 Å². The molecule has 0 radical (unpaired) electrons. The Morgan fingerprint density at radius 1 is 1.06 bits per heavy atom. The van der Waals surface area contributed by atoms with Crippen LogP contribution >= 0.6 is 12.2 Å². The molecule has 1 heterocycles. The van der Waals surface area contributed by atoms with Crippen LogP contribution in [0, 0.1) is 0 Å². The third kappa shape index (κ3) is 7.36. The third-order valence-electron chi connectivity index (χ3n) is 3.11. The Morgan fingerprint density at radius 2 is 1.50 bits per heavy atom. The van der Waals surface area contributed by atoms with Gasteiger partial charge in [-0.05, 0) is 40.0 Å². The third-order valence-corrected chi connectivity index (χ3v) is 3.63. The van der Waals surface area contributed by atoms with Gasteiger partial charge in [0.1, 0.15) is 0 Å². The molecule has 1 aliphatic rings. The number of hydrogen-bond acceptors (Lipinski definition) is 2. The normalized spacial score (nSPS) is 15.6. The van der Waals surface area contributed by atoms with Crippen LogP contribution in [0.15, 0.2) is 0 Å². The van der Waals surface area contributed by atoms with Crippen molar-refractivity contribution < 1.29 is 4.90 Å². The summed E-state index contributed by atoms with van der Waals surface area (Å²) >= 11 is 9.71. The highest BCUT2D eigenvalue weighted by atomic mass is 32.1. The molecule has 0 aromatic heterocycles. The predicted octanol–water partition coefficient (Wildman–Crippen LogP) is 1.24. The van der Waals surface area contributed by atoms with Gasteiger partial charge in [0.2, 0.25) is 0 Å². The van der Waals surface area contributed by atoms with Crippen molar-refractivity contribution in [2.45, 2.75) is 40.0 Å². The highest BCUT2D eigenvalue weighted by Crippen LogP contribution is 2.08. The molecule has 16 heavy (non-hydrogen) atoms. The molecule has 0 aliphatic carbocycles. The molecular formula is C12H26N2S2. The molecule has 0 unspecified atom stereocenters. The van der Waals surface area contributed by atoms with Crippen molar-refractivity contribution in [3.05, 3.63) is 0 Å². The van der Waals surface area contributed by atoms with Gasteiger partial charge in [-0.2, -0.15) is 0 Å². The van der Waals surface area contributed by atoms with E-state index >= 15 is 0 Å². The number of hydrogen-bond donors (Lipinski definition) is 1. The second-order valence-electron chi connectivity index (χ2n) is 4.12. The lowest BCUT2D eigenvalue weighted by atomic mass is 10.1. The second-order valence-corrected chi connectivity index (χ2v) is 5.16. The van der Waals surface area contributed by atoms with Gasteiger partial charge in [0.15, 0.2) is 0 Å². The number of thiocarbonyl (C=S) groups is 1. The summed E-state index contributed by atoms with van der Waals surface area (Å²) in [5.74, 6) is 0. The molecule has 1 aliphatic heterocycles. The largest absolute Gasteiger partial charge is 0.411 e. The summed E-state index contributed by atoms with van der Waals surface area (Å²) in [4.78, 5) is 3.79. The van der Waals surface area contributed by atoms with E-state index in [9.17, 15) is 0 Å². The van der Waals surface area contributed by atoms with Gasteiger partial charge >= 0.3 is 0 Å². The quantitative estimate of drug-likeness (QED) is 0.605. The number of rotatable bonds is 3. The summed E-state index contributed by atoms with van der Waals surface area (Å²) in [7, 11) is 0. The van der Waals surface area contributed by atoms with Gasteiger partial charge in [0.05, 0.1) is 19.6 Å². The number of nitrogens with zero attached hydrogens (tertiary/aromatic N) is 1. The standard InChI is InChI=1S/C6H11NS2.C6H15N/c8-6(9)7-4-2-1-3-5-7;1-4-7(5-2)6-3/h1-5H2,(H,8,9);4-6H2,1-3H3. The topological polar surface area (TPSA) is 7.68 Å². The van der Waals surface area contributed by atoms with Crippen molar-refractivity contribution in [3.63, 3.8) is 0 Å². The number of quaternary nitrogens is 1. The van der Waals surface area contributed by atoms with Crippen LogP contribution in [0.25, 0.3) is 0 Å². The Balaban J connectivity index is 0.000000293. The Bertz CT molecular complexity index is 170. The molecule has 0 aromatic carbocycles. The molecule has 1 rings (SSSR count). The van der Waals surface area contributed by atoms with Crippen molar-refractivity contribution in [2.75, 3.05) is 32.7 Å². The summed E-state index contributed by atoms with van der Waals surface area (Å²) < 4.78 is 0.648. The van der Waals surface area contributed by atoms with Crippen molar-refractivity contribution >= 4 is 29.2 Å². The Labute approximate surface area is 112 Å². The smallest absolute Gasteiger partial charge is 0.0742 e. The van der Waals surface area contributed by atoms with E-state index in [-0.39, 0.29) is 0 Å². The summed E-state index contributed by atoms with van der Waals surface area (Å²) in [6, 6.07) is 0. The molecule has 2 nitrogen and oxygen atoms in total. The molecule has 0 bridgehead atoms. The Kier molecular flexibility index (Phi) is 10.3. The van der Waals surface area contributed by atoms with Gasteiger partial charge in [-0.1, -0.05) is 4.32 Å². The number of nitrogens with one attached hydrogen (secondary N) is 1. The number of piperidine rings is 1. The summed E-state index contributed by atoms with van der Waals surface area (Å²) in [6.45, 7) is 12.7. The van der Waals surface area contributed by atoms with E-state index in [1.54, 1.807) is 4.90 Å². The van der Waals surface area contributed by atoms with Crippen molar-refractivity contribution in [2.24, 2.45) is 0 Å². The molecule has 1 saturated heterocycles.